The molecular weight excluding hydrogens is 176 g/mol. The van der Waals surface area contributed by atoms with Gasteiger partial charge in [0.05, 0.1) is 11.9 Å². The highest BCUT2D eigenvalue weighted by Gasteiger charge is 2.19. The Bertz CT molecular complexity index is 464. The van der Waals surface area contributed by atoms with E-state index in [1.165, 1.54) is 0 Å². The van der Waals surface area contributed by atoms with Gasteiger partial charge in [0.1, 0.15) is 16.9 Å². The van der Waals surface area contributed by atoms with E-state index in [0.29, 0.717) is 0 Å². The lowest BCUT2D eigenvalue weighted by Crippen LogP contribution is -2.16. The maximum Gasteiger partial charge on any atom is 0.134 e. The van der Waals surface area contributed by atoms with Crippen LogP contribution in [-0.2, 0) is 5.41 Å². The minimum absolute atomic E-state index is 0.0176. The van der Waals surface area contributed by atoms with Gasteiger partial charge in [0, 0.05) is 5.41 Å². The third-order valence-electron chi connectivity index (χ3n) is 2.15. The number of aromatic nitrogens is 4. The molecule has 2 aromatic heterocycles. The van der Waals surface area contributed by atoms with Gasteiger partial charge in [0.25, 0.3) is 0 Å². The van der Waals surface area contributed by atoms with Gasteiger partial charge >= 0.3 is 0 Å². The molecule has 0 aromatic carbocycles. The number of aryl methyl sites for hydroxylation is 1. The van der Waals surface area contributed by atoms with Gasteiger partial charge in [-0.05, 0) is 6.92 Å². The predicted molar refractivity (Wildman–Crippen MR) is 55.1 cm³/mol. The molecule has 0 unspecified atom stereocenters. The van der Waals surface area contributed by atoms with Crippen LogP contribution >= 0.6 is 0 Å². The lowest BCUT2D eigenvalue weighted by Gasteiger charge is -2.16. The first kappa shape index (κ1) is 9.12. The van der Waals surface area contributed by atoms with E-state index in [1.807, 2.05) is 6.92 Å². The van der Waals surface area contributed by atoms with Crippen LogP contribution < -0.4 is 0 Å². The third kappa shape index (κ3) is 1.36. The van der Waals surface area contributed by atoms with E-state index in [-0.39, 0.29) is 5.41 Å². The molecule has 2 aromatic rings. The van der Waals surface area contributed by atoms with Crippen molar-refractivity contribution in [2.24, 2.45) is 0 Å². The number of nitrogens with zero attached hydrogens (tertiary/aromatic N) is 3. The zero-order chi connectivity index (χ0) is 10.3. The standard InChI is InChI=1S/C10H14N4/c1-6-8-7(5-11-14-8)13-9(12-6)10(2,3)4/h5H,1-4H3,(H,11,14). The minimum atomic E-state index is -0.0176. The zero-order valence-corrected chi connectivity index (χ0v) is 8.92. The third-order valence-corrected chi connectivity index (χ3v) is 2.15. The molecule has 0 amide bonds. The van der Waals surface area contributed by atoms with Crippen molar-refractivity contribution in [1.82, 2.24) is 20.2 Å². The predicted octanol–water partition coefficient (Wildman–Crippen LogP) is 1.96. The largest absolute Gasteiger partial charge is 0.274 e. The number of aromatic amines is 1. The van der Waals surface area contributed by atoms with Crippen LogP contribution in [0.2, 0.25) is 0 Å². The van der Waals surface area contributed by atoms with Crippen molar-refractivity contribution in [1.29, 1.82) is 0 Å². The molecule has 0 aliphatic heterocycles. The fraction of sp³-hybridized carbons (Fsp3) is 0.500. The van der Waals surface area contributed by atoms with Crippen LogP contribution in [0.25, 0.3) is 11.0 Å². The van der Waals surface area contributed by atoms with E-state index >= 15 is 0 Å². The number of hydrogen-bond acceptors (Lipinski definition) is 3. The topological polar surface area (TPSA) is 54.5 Å². The first-order valence-electron chi connectivity index (χ1n) is 4.66. The average Bonchev–Trinajstić information content (AvgIpc) is 2.50. The van der Waals surface area contributed by atoms with E-state index in [1.54, 1.807) is 6.20 Å². The van der Waals surface area contributed by atoms with Crippen molar-refractivity contribution < 1.29 is 0 Å². The Morgan fingerprint density at radius 2 is 1.93 bits per heavy atom. The summed E-state index contributed by atoms with van der Waals surface area (Å²) in [5.74, 6) is 0.865. The fourth-order valence-corrected chi connectivity index (χ4v) is 1.32. The lowest BCUT2D eigenvalue weighted by atomic mass is 9.95. The number of rotatable bonds is 0. The molecule has 4 nitrogen and oxygen atoms in total. The molecule has 14 heavy (non-hydrogen) atoms. The zero-order valence-electron chi connectivity index (χ0n) is 8.92. The molecule has 2 heterocycles. The second kappa shape index (κ2) is 2.77. The molecule has 4 heteroatoms. The summed E-state index contributed by atoms with van der Waals surface area (Å²) in [7, 11) is 0. The van der Waals surface area contributed by atoms with Gasteiger partial charge in [-0.25, -0.2) is 9.97 Å². The maximum atomic E-state index is 4.46. The maximum absolute atomic E-state index is 4.46. The fourth-order valence-electron chi connectivity index (χ4n) is 1.32. The SMILES string of the molecule is Cc1nc(C(C)(C)C)nc2cn[nH]c12. The van der Waals surface area contributed by atoms with Gasteiger partial charge in [0.15, 0.2) is 0 Å². The highest BCUT2D eigenvalue weighted by Crippen LogP contribution is 2.21. The van der Waals surface area contributed by atoms with E-state index in [0.717, 1.165) is 22.6 Å². The van der Waals surface area contributed by atoms with E-state index in [4.69, 9.17) is 0 Å². The van der Waals surface area contributed by atoms with Gasteiger partial charge in [-0.1, -0.05) is 20.8 Å². The van der Waals surface area contributed by atoms with Crippen LogP contribution in [0.4, 0.5) is 0 Å². The first-order valence-corrected chi connectivity index (χ1v) is 4.66. The number of H-pyrrole nitrogens is 1. The quantitative estimate of drug-likeness (QED) is 0.690. The number of hydrogen-bond donors (Lipinski definition) is 1. The minimum Gasteiger partial charge on any atom is -0.274 e. The molecule has 74 valence electrons. The van der Waals surface area contributed by atoms with Crippen LogP contribution in [0.15, 0.2) is 6.20 Å². The molecule has 0 saturated carbocycles. The van der Waals surface area contributed by atoms with Crippen molar-refractivity contribution >= 4 is 11.0 Å². The molecule has 0 bridgehead atoms. The van der Waals surface area contributed by atoms with Crippen molar-refractivity contribution in [2.45, 2.75) is 33.1 Å². The van der Waals surface area contributed by atoms with Crippen LogP contribution in [0, 0.1) is 6.92 Å². The van der Waals surface area contributed by atoms with Gasteiger partial charge in [-0.3, -0.25) is 5.10 Å². The second-order valence-corrected chi connectivity index (χ2v) is 4.51. The van der Waals surface area contributed by atoms with Crippen LogP contribution in [0.3, 0.4) is 0 Å². The number of fused-ring (bicyclic) bond motifs is 1. The highest BCUT2D eigenvalue weighted by atomic mass is 15.1. The van der Waals surface area contributed by atoms with E-state index in [2.05, 4.69) is 40.9 Å². The smallest absolute Gasteiger partial charge is 0.134 e. The summed E-state index contributed by atoms with van der Waals surface area (Å²) in [5, 5.41) is 6.85. The monoisotopic (exact) mass is 190 g/mol. The van der Waals surface area contributed by atoms with Gasteiger partial charge in [-0.15, -0.1) is 0 Å². The summed E-state index contributed by atoms with van der Waals surface area (Å²) in [4.78, 5) is 8.92. The molecule has 2 rings (SSSR count). The highest BCUT2D eigenvalue weighted by molar-refractivity contribution is 5.75. The summed E-state index contributed by atoms with van der Waals surface area (Å²) in [5.41, 5.74) is 2.76. The Labute approximate surface area is 82.8 Å². The molecule has 0 radical (unpaired) electrons. The van der Waals surface area contributed by atoms with Gasteiger partial charge in [-0.2, -0.15) is 5.10 Å². The molecule has 0 aliphatic rings. The normalized spacial score (nSPS) is 12.3. The second-order valence-electron chi connectivity index (χ2n) is 4.51. The van der Waals surface area contributed by atoms with Crippen LogP contribution in [0.5, 0.6) is 0 Å². The summed E-state index contributed by atoms with van der Waals surface area (Å²) < 4.78 is 0. The molecule has 0 atom stereocenters. The van der Waals surface area contributed by atoms with Crippen molar-refractivity contribution in [2.75, 3.05) is 0 Å². The van der Waals surface area contributed by atoms with E-state index in [9.17, 15) is 0 Å². The Morgan fingerprint density at radius 1 is 1.21 bits per heavy atom. The Kier molecular flexibility index (Phi) is 1.80. The molecular formula is C10H14N4. The van der Waals surface area contributed by atoms with E-state index < -0.39 is 0 Å². The Balaban J connectivity index is 2.70. The first-order chi connectivity index (χ1) is 6.48. The van der Waals surface area contributed by atoms with Crippen molar-refractivity contribution in [3.8, 4) is 0 Å². The molecule has 0 fully saturated rings. The Hall–Kier alpha value is -1.45. The van der Waals surface area contributed by atoms with Crippen LogP contribution in [-0.4, -0.2) is 20.2 Å². The lowest BCUT2D eigenvalue weighted by molar-refractivity contribution is 0.546. The summed E-state index contributed by atoms with van der Waals surface area (Å²) >= 11 is 0. The molecule has 1 N–H and O–H groups in total. The molecule has 0 spiro atoms. The Morgan fingerprint density at radius 3 is 2.57 bits per heavy atom. The number of nitrogens with one attached hydrogen (secondary N) is 1. The molecule has 0 saturated heterocycles. The summed E-state index contributed by atoms with van der Waals surface area (Å²) in [6.07, 6.45) is 1.74. The van der Waals surface area contributed by atoms with Gasteiger partial charge < -0.3 is 0 Å². The summed E-state index contributed by atoms with van der Waals surface area (Å²) in [6, 6.07) is 0. The summed E-state index contributed by atoms with van der Waals surface area (Å²) in [6.45, 7) is 8.28. The van der Waals surface area contributed by atoms with Crippen molar-refractivity contribution in [3.05, 3.63) is 17.7 Å². The average molecular weight is 190 g/mol. The van der Waals surface area contributed by atoms with Crippen LogP contribution in [0.1, 0.15) is 32.3 Å². The van der Waals surface area contributed by atoms with Crippen molar-refractivity contribution in [3.63, 3.8) is 0 Å². The molecule has 0 aliphatic carbocycles. The van der Waals surface area contributed by atoms with Gasteiger partial charge in [0.2, 0.25) is 0 Å².